The Balaban J connectivity index is 3.37. The topological polar surface area (TPSA) is 75.1 Å². The van der Waals surface area contributed by atoms with E-state index in [0.29, 0.717) is 25.2 Å². The van der Waals surface area contributed by atoms with Gasteiger partial charge in [0.05, 0.1) is 5.69 Å². The van der Waals surface area contributed by atoms with Gasteiger partial charge in [0.25, 0.3) is 0 Å². The molecule has 1 aromatic heterocycles. The number of nitrogens with zero attached hydrogens (tertiary/aromatic N) is 2. The van der Waals surface area contributed by atoms with Crippen LogP contribution in [0.2, 0.25) is 0 Å². The SMILES string of the molecule is CCNc1nnc(CC)c(CC)c1C(=O)O. The first-order valence-electron chi connectivity index (χ1n) is 5.51. The van der Waals surface area contributed by atoms with Crippen molar-refractivity contribution in [3.05, 3.63) is 16.8 Å². The normalized spacial score (nSPS) is 10.2. The van der Waals surface area contributed by atoms with Gasteiger partial charge >= 0.3 is 5.97 Å². The van der Waals surface area contributed by atoms with Crippen LogP contribution in [0.3, 0.4) is 0 Å². The Labute approximate surface area is 94.9 Å². The van der Waals surface area contributed by atoms with E-state index in [4.69, 9.17) is 0 Å². The van der Waals surface area contributed by atoms with E-state index in [-0.39, 0.29) is 5.56 Å². The molecular weight excluding hydrogens is 206 g/mol. The van der Waals surface area contributed by atoms with E-state index >= 15 is 0 Å². The molecule has 16 heavy (non-hydrogen) atoms. The predicted molar refractivity (Wildman–Crippen MR) is 61.9 cm³/mol. The van der Waals surface area contributed by atoms with Gasteiger partial charge < -0.3 is 10.4 Å². The molecule has 1 aromatic rings. The lowest BCUT2D eigenvalue weighted by atomic mass is 10.0. The average Bonchev–Trinajstić information content (AvgIpc) is 2.28. The van der Waals surface area contributed by atoms with Gasteiger partial charge in [0.1, 0.15) is 5.56 Å². The second kappa shape index (κ2) is 5.44. The summed E-state index contributed by atoms with van der Waals surface area (Å²) in [7, 11) is 0. The van der Waals surface area contributed by atoms with Crippen molar-refractivity contribution in [1.82, 2.24) is 10.2 Å². The molecule has 0 amide bonds. The van der Waals surface area contributed by atoms with Gasteiger partial charge in [0.15, 0.2) is 5.82 Å². The molecule has 5 heteroatoms. The van der Waals surface area contributed by atoms with Crippen LogP contribution in [0.25, 0.3) is 0 Å². The van der Waals surface area contributed by atoms with Gasteiger partial charge in [-0.05, 0) is 25.3 Å². The Hall–Kier alpha value is -1.65. The van der Waals surface area contributed by atoms with Gasteiger partial charge in [0, 0.05) is 6.54 Å². The number of aryl methyl sites for hydroxylation is 1. The van der Waals surface area contributed by atoms with Crippen molar-refractivity contribution in [2.24, 2.45) is 0 Å². The maximum absolute atomic E-state index is 11.2. The largest absolute Gasteiger partial charge is 0.478 e. The minimum absolute atomic E-state index is 0.260. The molecule has 0 saturated heterocycles. The highest BCUT2D eigenvalue weighted by atomic mass is 16.4. The zero-order chi connectivity index (χ0) is 12.1. The van der Waals surface area contributed by atoms with Gasteiger partial charge in [-0.15, -0.1) is 5.10 Å². The first kappa shape index (κ1) is 12.4. The van der Waals surface area contributed by atoms with E-state index in [2.05, 4.69) is 15.5 Å². The predicted octanol–water partition coefficient (Wildman–Crippen LogP) is 1.73. The molecule has 5 nitrogen and oxygen atoms in total. The van der Waals surface area contributed by atoms with Crippen molar-refractivity contribution in [3.8, 4) is 0 Å². The van der Waals surface area contributed by atoms with Gasteiger partial charge in [-0.3, -0.25) is 0 Å². The van der Waals surface area contributed by atoms with Crippen molar-refractivity contribution in [1.29, 1.82) is 0 Å². The molecule has 0 unspecified atom stereocenters. The number of carboxylic acids is 1. The molecule has 0 radical (unpaired) electrons. The Kier molecular flexibility index (Phi) is 4.22. The Morgan fingerprint density at radius 1 is 1.25 bits per heavy atom. The molecule has 2 N–H and O–H groups in total. The van der Waals surface area contributed by atoms with Gasteiger partial charge in [-0.1, -0.05) is 13.8 Å². The monoisotopic (exact) mass is 223 g/mol. The summed E-state index contributed by atoms with van der Waals surface area (Å²) in [6, 6.07) is 0. The van der Waals surface area contributed by atoms with Crippen molar-refractivity contribution < 1.29 is 9.90 Å². The minimum atomic E-state index is -0.947. The van der Waals surface area contributed by atoms with E-state index in [0.717, 1.165) is 11.3 Å². The van der Waals surface area contributed by atoms with Crippen LogP contribution in [0.15, 0.2) is 0 Å². The number of aromatic nitrogens is 2. The van der Waals surface area contributed by atoms with Crippen molar-refractivity contribution in [3.63, 3.8) is 0 Å². The molecule has 0 fully saturated rings. The van der Waals surface area contributed by atoms with Gasteiger partial charge in [0.2, 0.25) is 0 Å². The molecule has 0 aliphatic rings. The fraction of sp³-hybridized carbons (Fsp3) is 0.545. The fourth-order valence-corrected chi connectivity index (χ4v) is 1.69. The number of nitrogens with one attached hydrogen (secondary N) is 1. The van der Waals surface area contributed by atoms with Gasteiger partial charge in [-0.2, -0.15) is 5.10 Å². The molecule has 0 atom stereocenters. The molecule has 1 heterocycles. The Morgan fingerprint density at radius 3 is 2.38 bits per heavy atom. The molecule has 0 aromatic carbocycles. The third-order valence-electron chi connectivity index (χ3n) is 2.40. The summed E-state index contributed by atoms with van der Waals surface area (Å²) in [6.45, 7) is 6.40. The molecule has 0 saturated carbocycles. The summed E-state index contributed by atoms with van der Waals surface area (Å²) >= 11 is 0. The van der Waals surface area contributed by atoms with Crippen LogP contribution in [0, 0.1) is 0 Å². The highest BCUT2D eigenvalue weighted by Gasteiger charge is 2.19. The summed E-state index contributed by atoms with van der Waals surface area (Å²) in [6.07, 6.45) is 1.35. The zero-order valence-corrected chi connectivity index (χ0v) is 9.87. The number of carboxylic acid groups (broad SMARTS) is 1. The molecule has 1 rings (SSSR count). The van der Waals surface area contributed by atoms with Crippen LogP contribution in [0.1, 0.15) is 42.4 Å². The van der Waals surface area contributed by atoms with Crippen molar-refractivity contribution >= 4 is 11.8 Å². The molecule has 0 aliphatic carbocycles. The fourth-order valence-electron chi connectivity index (χ4n) is 1.69. The van der Waals surface area contributed by atoms with Crippen LogP contribution in [-0.4, -0.2) is 27.8 Å². The first-order chi connectivity index (χ1) is 7.65. The number of hydrogen-bond acceptors (Lipinski definition) is 4. The van der Waals surface area contributed by atoms with Crippen LogP contribution in [-0.2, 0) is 12.8 Å². The number of rotatable bonds is 5. The third kappa shape index (κ3) is 2.29. The van der Waals surface area contributed by atoms with E-state index in [1.807, 2.05) is 20.8 Å². The summed E-state index contributed by atoms with van der Waals surface area (Å²) in [4.78, 5) is 11.2. The molecule has 88 valence electrons. The summed E-state index contributed by atoms with van der Waals surface area (Å²) < 4.78 is 0. The number of anilines is 1. The quantitative estimate of drug-likeness (QED) is 0.795. The highest BCUT2D eigenvalue weighted by molar-refractivity contribution is 5.95. The highest BCUT2D eigenvalue weighted by Crippen LogP contribution is 2.20. The maximum atomic E-state index is 11.2. The third-order valence-corrected chi connectivity index (χ3v) is 2.40. The Bertz CT molecular complexity index is 391. The average molecular weight is 223 g/mol. The van der Waals surface area contributed by atoms with E-state index in [1.165, 1.54) is 0 Å². The molecular formula is C11H17N3O2. The lowest BCUT2D eigenvalue weighted by Gasteiger charge is -2.12. The number of carbonyl (C=O) groups is 1. The second-order valence-corrected chi connectivity index (χ2v) is 3.39. The van der Waals surface area contributed by atoms with Crippen molar-refractivity contribution in [2.45, 2.75) is 33.6 Å². The lowest BCUT2D eigenvalue weighted by molar-refractivity contribution is 0.0696. The summed E-state index contributed by atoms with van der Waals surface area (Å²) in [5.41, 5.74) is 1.80. The van der Waals surface area contributed by atoms with E-state index in [9.17, 15) is 9.90 Å². The van der Waals surface area contributed by atoms with E-state index < -0.39 is 5.97 Å². The van der Waals surface area contributed by atoms with Crippen LogP contribution in [0.5, 0.6) is 0 Å². The maximum Gasteiger partial charge on any atom is 0.339 e. The molecule has 0 spiro atoms. The van der Waals surface area contributed by atoms with Crippen LogP contribution in [0.4, 0.5) is 5.82 Å². The van der Waals surface area contributed by atoms with E-state index in [1.54, 1.807) is 0 Å². The van der Waals surface area contributed by atoms with Crippen LogP contribution >= 0.6 is 0 Å². The lowest BCUT2D eigenvalue weighted by Crippen LogP contribution is -2.14. The number of hydrogen-bond donors (Lipinski definition) is 2. The minimum Gasteiger partial charge on any atom is -0.478 e. The van der Waals surface area contributed by atoms with Crippen LogP contribution < -0.4 is 5.32 Å². The standard InChI is InChI=1S/C11H17N3O2/c1-4-7-8(5-2)13-14-10(12-6-3)9(7)11(15)16/h4-6H2,1-3H3,(H,12,14)(H,15,16). The number of aromatic carboxylic acids is 1. The zero-order valence-electron chi connectivity index (χ0n) is 9.87. The smallest absolute Gasteiger partial charge is 0.339 e. The summed E-state index contributed by atoms with van der Waals surface area (Å²) in [5, 5.41) is 20.1. The van der Waals surface area contributed by atoms with Crippen molar-refractivity contribution in [2.75, 3.05) is 11.9 Å². The molecule has 0 aliphatic heterocycles. The molecule has 0 bridgehead atoms. The Morgan fingerprint density at radius 2 is 1.94 bits per heavy atom. The second-order valence-electron chi connectivity index (χ2n) is 3.39. The summed E-state index contributed by atoms with van der Waals surface area (Å²) in [5.74, 6) is -0.582. The first-order valence-corrected chi connectivity index (χ1v) is 5.51. The van der Waals surface area contributed by atoms with Gasteiger partial charge in [-0.25, -0.2) is 4.79 Å².